The minimum absolute atomic E-state index is 0.00849. The number of aryl methyl sites for hydroxylation is 1. The van der Waals surface area contributed by atoms with Gasteiger partial charge in [0.25, 0.3) is 5.91 Å². The average Bonchev–Trinajstić information content (AvgIpc) is 3.01. The Labute approximate surface area is 252 Å². The highest BCUT2D eigenvalue weighted by Crippen LogP contribution is 2.27. The Morgan fingerprint density at radius 2 is 1.40 bits per heavy atom. The molecule has 0 saturated carbocycles. The molecule has 0 unspecified atom stereocenters. The largest absolute Gasteiger partial charge is 0.494 e. The van der Waals surface area contributed by atoms with Crippen molar-refractivity contribution in [3.8, 4) is 17.2 Å². The van der Waals surface area contributed by atoms with Crippen LogP contribution in [0.1, 0.15) is 64.8 Å². The number of carboxylic acids is 2. The number of hydrogen-bond acceptors (Lipinski definition) is 6. The van der Waals surface area contributed by atoms with E-state index in [2.05, 4.69) is 0 Å². The molecule has 1 saturated heterocycles. The summed E-state index contributed by atoms with van der Waals surface area (Å²) in [5, 5.41) is 18.6. The zero-order valence-electron chi connectivity index (χ0n) is 24.3. The van der Waals surface area contributed by atoms with E-state index in [0.717, 1.165) is 29.9 Å². The van der Waals surface area contributed by atoms with Gasteiger partial charge in [-0.1, -0.05) is 36.4 Å². The van der Waals surface area contributed by atoms with Gasteiger partial charge < -0.3 is 29.3 Å². The second kappa shape index (κ2) is 16.2. The molecule has 0 aliphatic carbocycles. The molecule has 43 heavy (non-hydrogen) atoms. The van der Waals surface area contributed by atoms with Gasteiger partial charge in [-0.3, -0.25) is 9.59 Å². The van der Waals surface area contributed by atoms with Crippen LogP contribution in [0.3, 0.4) is 0 Å². The van der Waals surface area contributed by atoms with E-state index in [0.29, 0.717) is 64.3 Å². The Hall–Kier alpha value is -4.53. The summed E-state index contributed by atoms with van der Waals surface area (Å²) in [4.78, 5) is 37.7. The third-order valence-corrected chi connectivity index (χ3v) is 7.45. The number of para-hydroxylation sites is 2. The molecule has 3 aromatic rings. The average molecular weight is 590 g/mol. The summed E-state index contributed by atoms with van der Waals surface area (Å²) in [5.74, 6) is -0.204. The topological polar surface area (TPSA) is 123 Å². The number of hydrogen-bond donors (Lipinski definition) is 2. The normalized spacial score (nSPS) is 13.3. The van der Waals surface area contributed by atoms with Crippen molar-refractivity contribution < 1.29 is 38.8 Å². The van der Waals surface area contributed by atoms with Gasteiger partial charge in [-0.2, -0.15) is 0 Å². The number of aromatic carboxylic acids is 1. The van der Waals surface area contributed by atoms with Gasteiger partial charge in [0, 0.05) is 19.5 Å². The van der Waals surface area contributed by atoms with Gasteiger partial charge in [-0.05, 0) is 86.4 Å². The predicted molar refractivity (Wildman–Crippen MR) is 161 cm³/mol. The molecular formula is C34H39NO8. The van der Waals surface area contributed by atoms with Gasteiger partial charge in [0.05, 0.1) is 30.9 Å². The van der Waals surface area contributed by atoms with Crippen LogP contribution in [-0.2, 0) is 11.2 Å². The second-order valence-corrected chi connectivity index (χ2v) is 10.6. The molecule has 2 N–H and O–H groups in total. The standard InChI is InChI=1S/C34H39NO8/c36-32(37)23-25-16-18-35(19-17-25)33(38)29-24-27(34(39)40)14-15-31(29)43-22-8-10-26-9-4-5-13-30(26)42-21-7-6-20-41-28-11-2-1-3-12-28/h1-5,9,11-15,24-25H,6-8,10,16-23H2,(H,36,37)(H,39,40). The fourth-order valence-electron chi connectivity index (χ4n) is 5.10. The van der Waals surface area contributed by atoms with E-state index in [4.69, 9.17) is 19.3 Å². The summed E-state index contributed by atoms with van der Waals surface area (Å²) < 4.78 is 17.8. The van der Waals surface area contributed by atoms with Crippen molar-refractivity contribution in [2.75, 3.05) is 32.9 Å². The smallest absolute Gasteiger partial charge is 0.335 e. The lowest BCUT2D eigenvalue weighted by molar-refractivity contribution is -0.138. The van der Waals surface area contributed by atoms with Crippen LogP contribution in [0.5, 0.6) is 17.2 Å². The lowest BCUT2D eigenvalue weighted by Gasteiger charge is -2.31. The third kappa shape index (κ3) is 9.77. The number of amides is 1. The van der Waals surface area contributed by atoms with E-state index in [1.165, 1.54) is 18.2 Å². The van der Waals surface area contributed by atoms with E-state index in [9.17, 15) is 19.5 Å². The lowest BCUT2D eigenvalue weighted by atomic mass is 9.93. The van der Waals surface area contributed by atoms with E-state index in [1.807, 2.05) is 54.6 Å². The van der Waals surface area contributed by atoms with E-state index in [1.54, 1.807) is 4.90 Å². The fourth-order valence-corrected chi connectivity index (χ4v) is 5.10. The zero-order chi connectivity index (χ0) is 30.4. The molecule has 9 nitrogen and oxygen atoms in total. The van der Waals surface area contributed by atoms with Gasteiger partial charge in [-0.25, -0.2) is 4.79 Å². The summed E-state index contributed by atoms with van der Waals surface area (Å²) in [5.41, 5.74) is 1.28. The van der Waals surface area contributed by atoms with E-state index >= 15 is 0 Å². The molecule has 1 fully saturated rings. The molecule has 0 aromatic heterocycles. The van der Waals surface area contributed by atoms with Crippen molar-refractivity contribution in [1.29, 1.82) is 0 Å². The second-order valence-electron chi connectivity index (χ2n) is 10.6. The first-order valence-corrected chi connectivity index (χ1v) is 14.8. The van der Waals surface area contributed by atoms with Gasteiger partial charge in [-0.15, -0.1) is 0 Å². The zero-order valence-corrected chi connectivity index (χ0v) is 24.3. The van der Waals surface area contributed by atoms with Crippen LogP contribution in [0.25, 0.3) is 0 Å². The molecule has 0 radical (unpaired) electrons. The van der Waals surface area contributed by atoms with Crippen molar-refractivity contribution in [2.24, 2.45) is 5.92 Å². The van der Waals surface area contributed by atoms with Crippen molar-refractivity contribution in [1.82, 2.24) is 4.90 Å². The molecule has 228 valence electrons. The molecule has 3 aromatic carbocycles. The predicted octanol–water partition coefficient (Wildman–Crippen LogP) is 5.96. The molecule has 1 heterocycles. The Kier molecular flexibility index (Phi) is 11.8. The van der Waals surface area contributed by atoms with Crippen molar-refractivity contribution in [3.63, 3.8) is 0 Å². The highest BCUT2D eigenvalue weighted by atomic mass is 16.5. The van der Waals surface area contributed by atoms with Crippen LogP contribution in [0.4, 0.5) is 0 Å². The monoisotopic (exact) mass is 589 g/mol. The minimum atomic E-state index is -1.12. The van der Waals surface area contributed by atoms with Crippen molar-refractivity contribution >= 4 is 17.8 Å². The molecule has 0 spiro atoms. The van der Waals surface area contributed by atoms with Crippen LogP contribution in [0.15, 0.2) is 72.8 Å². The highest BCUT2D eigenvalue weighted by Gasteiger charge is 2.27. The van der Waals surface area contributed by atoms with Crippen LogP contribution < -0.4 is 14.2 Å². The Morgan fingerprint density at radius 3 is 2.12 bits per heavy atom. The van der Waals surface area contributed by atoms with E-state index in [-0.39, 0.29) is 29.4 Å². The van der Waals surface area contributed by atoms with Gasteiger partial charge in [0.2, 0.25) is 0 Å². The number of unbranched alkanes of at least 4 members (excludes halogenated alkanes) is 1. The molecule has 9 heteroatoms. The molecular weight excluding hydrogens is 550 g/mol. The first kappa shape index (κ1) is 31.4. The van der Waals surface area contributed by atoms with Crippen molar-refractivity contribution in [2.45, 2.75) is 44.9 Å². The number of carboxylic acid groups (broad SMARTS) is 2. The van der Waals surface area contributed by atoms with Gasteiger partial charge in [0.1, 0.15) is 17.2 Å². The first-order valence-electron chi connectivity index (χ1n) is 14.8. The molecule has 4 rings (SSSR count). The van der Waals surface area contributed by atoms with Crippen LogP contribution in [0, 0.1) is 5.92 Å². The number of rotatable bonds is 16. The Morgan fingerprint density at radius 1 is 0.744 bits per heavy atom. The summed E-state index contributed by atoms with van der Waals surface area (Å²) in [7, 11) is 0. The number of piperidine rings is 1. The number of nitrogens with zero attached hydrogens (tertiary/aromatic N) is 1. The van der Waals surface area contributed by atoms with Gasteiger partial charge >= 0.3 is 11.9 Å². The number of ether oxygens (including phenoxy) is 3. The highest BCUT2D eigenvalue weighted by molar-refractivity contribution is 6.00. The molecule has 1 amide bonds. The van der Waals surface area contributed by atoms with Crippen LogP contribution in [0.2, 0.25) is 0 Å². The Bertz CT molecular complexity index is 1350. The van der Waals surface area contributed by atoms with Crippen LogP contribution >= 0.6 is 0 Å². The number of carbonyl (C=O) groups excluding carboxylic acids is 1. The Balaban J connectivity index is 1.26. The first-order chi connectivity index (χ1) is 20.9. The van der Waals surface area contributed by atoms with Crippen molar-refractivity contribution in [3.05, 3.63) is 89.5 Å². The SMILES string of the molecule is O=C(O)CC1CCN(C(=O)c2cc(C(=O)O)ccc2OCCCc2ccccc2OCCCCOc2ccccc2)CC1. The maximum absolute atomic E-state index is 13.4. The van der Waals surface area contributed by atoms with Gasteiger partial charge in [0.15, 0.2) is 0 Å². The van der Waals surface area contributed by atoms with Crippen LogP contribution in [-0.4, -0.2) is 65.9 Å². The maximum atomic E-state index is 13.4. The quantitative estimate of drug-likeness (QED) is 0.196. The number of likely N-dealkylation sites (tertiary alicyclic amines) is 1. The number of benzene rings is 3. The molecule has 0 bridgehead atoms. The fraction of sp³-hybridized carbons (Fsp3) is 0.382. The summed E-state index contributed by atoms with van der Waals surface area (Å²) in [6.45, 7) is 2.39. The minimum Gasteiger partial charge on any atom is -0.494 e. The van der Waals surface area contributed by atoms with E-state index < -0.39 is 11.9 Å². The molecule has 0 atom stereocenters. The summed E-state index contributed by atoms with van der Waals surface area (Å²) >= 11 is 0. The third-order valence-electron chi connectivity index (χ3n) is 7.45. The number of aliphatic carboxylic acids is 1. The molecule has 1 aliphatic rings. The summed E-state index contributed by atoms with van der Waals surface area (Å²) in [6.07, 6.45) is 4.40. The maximum Gasteiger partial charge on any atom is 0.335 e. The number of carbonyl (C=O) groups is 3. The molecule has 1 aliphatic heterocycles. The lowest BCUT2D eigenvalue weighted by Crippen LogP contribution is -2.39. The summed E-state index contributed by atoms with van der Waals surface area (Å²) in [6, 6.07) is 22.0.